The molecular formula is C15H15N3O3. The van der Waals surface area contributed by atoms with E-state index >= 15 is 0 Å². The highest BCUT2D eigenvalue weighted by molar-refractivity contribution is 6.04. The zero-order valence-electron chi connectivity index (χ0n) is 11.2. The Morgan fingerprint density at radius 1 is 1.14 bits per heavy atom. The molecule has 0 unspecified atom stereocenters. The van der Waals surface area contributed by atoms with Crippen molar-refractivity contribution in [3.05, 3.63) is 59.4 Å². The van der Waals surface area contributed by atoms with Crippen molar-refractivity contribution in [2.75, 3.05) is 11.9 Å². The zero-order chi connectivity index (χ0) is 15.2. The molecule has 0 spiro atoms. The van der Waals surface area contributed by atoms with Gasteiger partial charge in [0.2, 0.25) is 0 Å². The maximum Gasteiger partial charge on any atom is 0.337 e. The zero-order valence-corrected chi connectivity index (χ0v) is 11.2. The molecule has 0 bridgehead atoms. The number of benzene rings is 1. The number of rotatable bonds is 5. The molecule has 21 heavy (non-hydrogen) atoms. The van der Waals surface area contributed by atoms with E-state index in [1.165, 1.54) is 18.5 Å². The summed E-state index contributed by atoms with van der Waals surface area (Å²) in [4.78, 5) is 26.7. The van der Waals surface area contributed by atoms with Gasteiger partial charge in [0.05, 0.1) is 17.4 Å². The molecule has 0 radical (unpaired) electrons. The van der Waals surface area contributed by atoms with Gasteiger partial charge in [-0.25, -0.2) is 4.79 Å². The Bertz CT molecular complexity index is 653. The van der Waals surface area contributed by atoms with Gasteiger partial charge in [0, 0.05) is 11.8 Å². The number of anilines is 1. The van der Waals surface area contributed by atoms with Crippen LogP contribution < -0.4 is 11.1 Å². The summed E-state index contributed by atoms with van der Waals surface area (Å²) in [7, 11) is 0. The monoisotopic (exact) mass is 285 g/mol. The first kappa shape index (κ1) is 14.7. The number of nitrogens with two attached hydrogens (primary N) is 1. The van der Waals surface area contributed by atoms with E-state index in [0.29, 0.717) is 17.8 Å². The van der Waals surface area contributed by atoms with Crippen molar-refractivity contribution in [3.63, 3.8) is 0 Å². The van der Waals surface area contributed by atoms with Gasteiger partial charge < -0.3 is 16.2 Å². The minimum Gasteiger partial charge on any atom is -0.478 e. The lowest BCUT2D eigenvalue weighted by molar-refractivity contribution is 0.0696. The summed E-state index contributed by atoms with van der Waals surface area (Å²) in [5.74, 6) is -1.41. The van der Waals surface area contributed by atoms with Crippen LogP contribution in [0.25, 0.3) is 0 Å². The normalized spacial score (nSPS) is 10.1. The van der Waals surface area contributed by atoms with Crippen LogP contribution in [0.5, 0.6) is 0 Å². The third-order valence-electron chi connectivity index (χ3n) is 2.89. The molecule has 1 amide bonds. The van der Waals surface area contributed by atoms with Crippen LogP contribution in [0, 0.1) is 0 Å². The highest BCUT2D eigenvalue weighted by Crippen LogP contribution is 2.11. The number of aromatic carboxylic acids is 1. The summed E-state index contributed by atoms with van der Waals surface area (Å²) in [5, 5.41) is 11.5. The molecule has 0 aliphatic carbocycles. The average Bonchev–Trinajstić information content (AvgIpc) is 2.48. The molecule has 0 saturated heterocycles. The number of hydrogen-bond donors (Lipinski definition) is 3. The molecule has 0 fully saturated rings. The predicted octanol–water partition coefficient (Wildman–Crippen LogP) is 1.53. The molecule has 2 rings (SSSR count). The van der Waals surface area contributed by atoms with E-state index in [1.54, 1.807) is 12.1 Å². The summed E-state index contributed by atoms with van der Waals surface area (Å²) < 4.78 is 0. The molecule has 108 valence electrons. The van der Waals surface area contributed by atoms with Crippen LogP contribution >= 0.6 is 0 Å². The third-order valence-corrected chi connectivity index (χ3v) is 2.89. The van der Waals surface area contributed by atoms with Gasteiger partial charge in [0.25, 0.3) is 5.91 Å². The molecule has 1 aromatic heterocycles. The number of hydrogen-bond acceptors (Lipinski definition) is 4. The Labute approximate surface area is 121 Å². The van der Waals surface area contributed by atoms with Crippen molar-refractivity contribution >= 4 is 17.6 Å². The van der Waals surface area contributed by atoms with Crippen molar-refractivity contribution < 1.29 is 14.7 Å². The molecule has 2 aromatic rings. The quantitative estimate of drug-likeness (QED) is 0.772. The van der Waals surface area contributed by atoms with E-state index in [2.05, 4.69) is 10.3 Å². The first-order chi connectivity index (χ1) is 10.1. The highest BCUT2D eigenvalue weighted by Gasteiger charge is 2.09. The largest absolute Gasteiger partial charge is 0.478 e. The fourth-order valence-electron chi connectivity index (χ4n) is 1.82. The molecule has 6 nitrogen and oxygen atoms in total. The van der Waals surface area contributed by atoms with E-state index in [9.17, 15) is 9.59 Å². The lowest BCUT2D eigenvalue weighted by Gasteiger charge is -2.06. The van der Waals surface area contributed by atoms with E-state index < -0.39 is 5.97 Å². The maximum atomic E-state index is 12.1. The topological polar surface area (TPSA) is 105 Å². The molecule has 6 heteroatoms. The van der Waals surface area contributed by atoms with E-state index in [-0.39, 0.29) is 11.5 Å². The smallest absolute Gasteiger partial charge is 0.337 e. The van der Waals surface area contributed by atoms with Crippen LogP contribution in [0.3, 0.4) is 0 Å². The van der Waals surface area contributed by atoms with Crippen LogP contribution in [0.2, 0.25) is 0 Å². The second-order valence-corrected chi connectivity index (χ2v) is 4.46. The number of nitrogens with zero attached hydrogens (tertiary/aromatic N) is 1. The van der Waals surface area contributed by atoms with E-state index in [0.717, 1.165) is 12.0 Å². The average molecular weight is 285 g/mol. The molecule has 0 saturated carbocycles. The fourth-order valence-corrected chi connectivity index (χ4v) is 1.82. The number of carboxylic acid groups (broad SMARTS) is 1. The number of carboxylic acids is 1. The standard InChI is InChI=1S/C15H15N3O3/c16-6-5-10-1-3-11(4-2-10)14(19)18-13-7-12(15(20)21)8-17-9-13/h1-4,7-9H,5-6,16H2,(H,18,19)(H,20,21). The molecule has 0 aliphatic rings. The van der Waals surface area contributed by atoms with Gasteiger partial charge in [-0.05, 0) is 36.7 Å². The Kier molecular flexibility index (Phi) is 4.63. The van der Waals surface area contributed by atoms with Crippen LogP contribution in [-0.4, -0.2) is 28.5 Å². The summed E-state index contributed by atoms with van der Waals surface area (Å²) in [5.41, 5.74) is 7.37. The van der Waals surface area contributed by atoms with Crippen LogP contribution in [0.4, 0.5) is 5.69 Å². The number of carbonyl (C=O) groups excluding carboxylic acids is 1. The number of pyridine rings is 1. The summed E-state index contributed by atoms with van der Waals surface area (Å²) >= 11 is 0. The number of amides is 1. The number of nitrogens with one attached hydrogen (secondary N) is 1. The van der Waals surface area contributed by atoms with Gasteiger partial charge in [-0.2, -0.15) is 0 Å². The number of aromatic nitrogens is 1. The minimum atomic E-state index is -1.09. The van der Waals surface area contributed by atoms with Crippen molar-refractivity contribution in [1.29, 1.82) is 0 Å². The SMILES string of the molecule is NCCc1ccc(C(=O)Nc2cncc(C(=O)O)c2)cc1. The highest BCUT2D eigenvalue weighted by atomic mass is 16.4. The lowest BCUT2D eigenvalue weighted by Crippen LogP contribution is -2.13. The van der Waals surface area contributed by atoms with Crippen molar-refractivity contribution in [1.82, 2.24) is 4.98 Å². The van der Waals surface area contributed by atoms with Gasteiger partial charge in [0.1, 0.15) is 0 Å². The van der Waals surface area contributed by atoms with Crippen LogP contribution in [0.1, 0.15) is 26.3 Å². The first-order valence-electron chi connectivity index (χ1n) is 6.39. The Morgan fingerprint density at radius 2 is 1.86 bits per heavy atom. The van der Waals surface area contributed by atoms with Gasteiger partial charge in [-0.1, -0.05) is 12.1 Å². The Hall–Kier alpha value is -2.73. The summed E-state index contributed by atoms with van der Waals surface area (Å²) in [6.07, 6.45) is 3.37. The van der Waals surface area contributed by atoms with Crippen molar-refractivity contribution in [3.8, 4) is 0 Å². The second-order valence-electron chi connectivity index (χ2n) is 4.46. The summed E-state index contributed by atoms with van der Waals surface area (Å²) in [6.45, 7) is 0.555. The van der Waals surface area contributed by atoms with Gasteiger partial charge >= 0.3 is 5.97 Å². The molecule has 1 heterocycles. The third kappa shape index (κ3) is 3.87. The fraction of sp³-hybridized carbons (Fsp3) is 0.133. The van der Waals surface area contributed by atoms with Gasteiger partial charge in [-0.15, -0.1) is 0 Å². The molecule has 4 N–H and O–H groups in total. The molecule has 0 atom stereocenters. The van der Waals surface area contributed by atoms with Crippen LogP contribution in [-0.2, 0) is 6.42 Å². The molecule has 0 aliphatic heterocycles. The van der Waals surface area contributed by atoms with E-state index in [4.69, 9.17) is 10.8 Å². The number of carbonyl (C=O) groups is 2. The first-order valence-corrected chi connectivity index (χ1v) is 6.39. The molecule has 1 aromatic carbocycles. The Balaban J connectivity index is 2.10. The van der Waals surface area contributed by atoms with Gasteiger partial charge in [-0.3, -0.25) is 9.78 Å². The minimum absolute atomic E-state index is 0.0195. The predicted molar refractivity (Wildman–Crippen MR) is 78.3 cm³/mol. The molecular weight excluding hydrogens is 270 g/mol. The van der Waals surface area contributed by atoms with Gasteiger partial charge in [0.15, 0.2) is 0 Å². The maximum absolute atomic E-state index is 12.1. The van der Waals surface area contributed by atoms with Crippen molar-refractivity contribution in [2.24, 2.45) is 5.73 Å². The Morgan fingerprint density at radius 3 is 2.48 bits per heavy atom. The second kappa shape index (κ2) is 6.62. The van der Waals surface area contributed by atoms with Crippen molar-refractivity contribution in [2.45, 2.75) is 6.42 Å². The lowest BCUT2D eigenvalue weighted by atomic mass is 10.1. The summed E-state index contributed by atoms with van der Waals surface area (Å²) in [6, 6.07) is 8.45. The van der Waals surface area contributed by atoms with Crippen LogP contribution in [0.15, 0.2) is 42.7 Å². The van der Waals surface area contributed by atoms with E-state index in [1.807, 2.05) is 12.1 Å².